The third-order valence-corrected chi connectivity index (χ3v) is 9.22. The maximum absolute atomic E-state index is 6.57. The predicted molar refractivity (Wildman–Crippen MR) is 170 cm³/mol. The highest BCUT2D eigenvalue weighted by atomic mass is 35.5. The summed E-state index contributed by atoms with van der Waals surface area (Å²) in [5.74, 6) is 0.460. The molecule has 5 aromatic heterocycles. The van der Waals surface area contributed by atoms with Gasteiger partial charge in [0.2, 0.25) is 0 Å². The van der Waals surface area contributed by atoms with Gasteiger partial charge in [-0.3, -0.25) is 4.98 Å². The molecule has 8 heteroatoms. The summed E-state index contributed by atoms with van der Waals surface area (Å²) >= 11 is 9.65. The van der Waals surface area contributed by atoms with Gasteiger partial charge < -0.3 is 4.84 Å². The highest BCUT2D eigenvalue weighted by Crippen LogP contribution is 2.48. The number of halogens is 1. The Balaban J connectivity index is 1.45. The Bertz CT molecular complexity index is 2220. The van der Waals surface area contributed by atoms with Gasteiger partial charge in [0.25, 0.3) is 5.88 Å². The lowest BCUT2D eigenvalue weighted by Crippen LogP contribution is -2.07. The summed E-state index contributed by atoms with van der Waals surface area (Å²) in [5.41, 5.74) is 7.48. The maximum Gasteiger partial charge on any atom is 0.255 e. The standard InChI is InChI=1S/C33H19ClN4OS2/c34-22-11-12-28-27(15-22)37-19-38(28)39-33-31(21-14-20-6-1-3-8-26(20)35-16-21)32(24(17-36-33)30-10-5-13-40-30)25-18-41-29-9-4-2-7-23(25)29/h1-19H. The van der Waals surface area contributed by atoms with Crippen LogP contribution in [-0.2, 0) is 0 Å². The van der Waals surface area contributed by atoms with Gasteiger partial charge in [-0.1, -0.05) is 54.1 Å². The fourth-order valence-corrected chi connectivity index (χ4v) is 7.10. The van der Waals surface area contributed by atoms with Crippen molar-refractivity contribution in [1.29, 1.82) is 0 Å². The number of hydrogen-bond donors (Lipinski definition) is 0. The van der Waals surface area contributed by atoms with Gasteiger partial charge in [0.05, 0.1) is 16.6 Å². The lowest BCUT2D eigenvalue weighted by Gasteiger charge is -2.18. The number of hydrogen-bond acceptors (Lipinski definition) is 6. The molecule has 0 aliphatic rings. The molecule has 3 aromatic carbocycles. The molecule has 0 unspecified atom stereocenters. The zero-order chi connectivity index (χ0) is 27.3. The molecule has 0 bridgehead atoms. The van der Waals surface area contributed by atoms with Gasteiger partial charge in [-0.05, 0) is 53.2 Å². The van der Waals surface area contributed by atoms with E-state index < -0.39 is 0 Å². The van der Waals surface area contributed by atoms with Gasteiger partial charge >= 0.3 is 0 Å². The topological polar surface area (TPSA) is 52.8 Å². The third kappa shape index (κ3) is 4.17. The Hall–Kier alpha value is -4.56. The smallest absolute Gasteiger partial charge is 0.255 e. The molecule has 5 heterocycles. The highest BCUT2D eigenvalue weighted by Gasteiger charge is 2.24. The van der Waals surface area contributed by atoms with Crippen molar-refractivity contribution >= 4 is 66.3 Å². The fourth-order valence-electron chi connectivity index (χ4n) is 5.24. The number of imidazole rings is 1. The minimum absolute atomic E-state index is 0.460. The van der Waals surface area contributed by atoms with Crippen molar-refractivity contribution in [3.63, 3.8) is 0 Å². The molecule has 0 fully saturated rings. The minimum Gasteiger partial charge on any atom is -0.353 e. The molecular weight excluding hydrogens is 568 g/mol. The lowest BCUT2D eigenvalue weighted by molar-refractivity contribution is 0.218. The van der Waals surface area contributed by atoms with E-state index in [0.717, 1.165) is 54.6 Å². The van der Waals surface area contributed by atoms with Crippen LogP contribution in [0.15, 0.2) is 114 Å². The van der Waals surface area contributed by atoms with Gasteiger partial charge in [0, 0.05) is 60.0 Å². The molecule has 0 aliphatic carbocycles. The van der Waals surface area contributed by atoms with Gasteiger partial charge in [-0.2, -0.15) is 4.73 Å². The maximum atomic E-state index is 6.57. The summed E-state index contributed by atoms with van der Waals surface area (Å²) in [7, 11) is 0. The normalized spacial score (nSPS) is 11.5. The van der Waals surface area contributed by atoms with Crippen LogP contribution in [0.3, 0.4) is 0 Å². The number of aromatic nitrogens is 4. The zero-order valence-corrected chi connectivity index (χ0v) is 23.8. The van der Waals surface area contributed by atoms with Crippen LogP contribution in [0.1, 0.15) is 0 Å². The summed E-state index contributed by atoms with van der Waals surface area (Å²) in [6.07, 6.45) is 5.48. The summed E-state index contributed by atoms with van der Waals surface area (Å²) in [5, 5.41) is 7.17. The first-order chi connectivity index (χ1) is 20.2. The average Bonchev–Trinajstić information content (AvgIpc) is 3.77. The molecule has 41 heavy (non-hydrogen) atoms. The van der Waals surface area contributed by atoms with E-state index in [2.05, 4.69) is 64.3 Å². The molecular formula is C33H19ClN4OS2. The lowest BCUT2D eigenvalue weighted by atomic mass is 9.91. The molecule has 0 saturated heterocycles. The molecule has 0 radical (unpaired) electrons. The fraction of sp³-hybridized carbons (Fsp3) is 0. The first-order valence-electron chi connectivity index (χ1n) is 12.9. The van der Waals surface area contributed by atoms with Gasteiger partial charge in [-0.15, -0.1) is 22.7 Å². The van der Waals surface area contributed by atoms with Crippen LogP contribution in [0, 0.1) is 0 Å². The Morgan fingerprint density at radius 2 is 1.63 bits per heavy atom. The quantitative estimate of drug-likeness (QED) is 0.201. The van der Waals surface area contributed by atoms with Crippen LogP contribution >= 0.6 is 34.3 Å². The number of fused-ring (bicyclic) bond motifs is 3. The summed E-state index contributed by atoms with van der Waals surface area (Å²) in [4.78, 5) is 22.0. The van der Waals surface area contributed by atoms with E-state index in [1.807, 2.05) is 48.8 Å². The monoisotopic (exact) mass is 586 g/mol. The molecule has 0 saturated carbocycles. The van der Waals surface area contributed by atoms with Crippen molar-refractivity contribution in [1.82, 2.24) is 19.7 Å². The Kier molecular flexibility index (Phi) is 5.81. The SMILES string of the molecule is Clc1ccc2c(c1)ncn2Oc1ncc(-c2cccs2)c(-c2csc3ccccc23)c1-c1cnc2ccccc2c1. The van der Waals surface area contributed by atoms with Gasteiger partial charge in [-0.25, -0.2) is 9.97 Å². The molecule has 8 rings (SSSR count). The Morgan fingerprint density at radius 1 is 0.732 bits per heavy atom. The molecule has 196 valence electrons. The Morgan fingerprint density at radius 3 is 2.56 bits per heavy atom. The van der Waals surface area contributed by atoms with Crippen LogP contribution < -0.4 is 4.84 Å². The van der Waals surface area contributed by atoms with Crippen molar-refractivity contribution in [2.75, 3.05) is 0 Å². The number of benzene rings is 3. The van der Waals surface area contributed by atoms with Crippen LogP contribution in [0.25, 0.3) is 64.7 Å². The number of nitrogens with zero attached hydrogens (tertiary/aromatic N) is 4. The molecule has 5 nitrogen and oxygen atoms in total. The summed E-state index contributed by atoms with van der Waals surface area (Å²) < 4.78 is 2.87. The second-order valence-electron chi connectivity index (χ2n) is 9.56. The Labute approximate surface area is 247 Å². The van der Waals surface area contributed by atoms with E-state index in [-0.39, 0.29) is 0 Å². The second-order valence-corrected chi connectivity index (χ2v) is 11.9. The number of para-hydroxylation sites is 1. The third-order valence-electron chi connectivity index (χ3n) is 7.12. The van der Waals surface area contributed by atoms with Crippen molar-refractivity contribution in [2.24, 2.45) is 0 Å². The summed E-state index contributed by atoms with van der Waals surface area (Å²) in [6, 6.07) is 28.5. The first kappa shape index (κ1) is 24.3. The van der Waals surface area contributed by atoms with Crippen LogP contribution in [0.2, 0.25) is 5.02 Å². The van der Waals surface area contributed by atoms with E-state index in [1.54, 1.807) is 33.7 Å². The van der Waals surface area contributed by atoms with Crippen molar-refractivity contribution in [3.05, 3.63) is 119 Å². The number of thiophene rings is 2. The highest BCUT2D eigenvalue weighted by molar-refractivity contribution is 7.17. The average molecular weight is 587 g/mol. The van der Waals surface area contributed by atoms with Crippen LogP contribution in [-0.4, -0.2) is 19.7 Å². The second kappa shape index (κ2) is 9.82. The first-order valence-corrected chi connectivity index (χ1v) is 15.1. The summed E-state index contributed by atoms with van der Waals surface area (Å²) in [6.45, 7) is 0. The van der Waals surface area contributed by atoms with Gasteiger partial charge in [0.15, 0.2) is 0 Å². The van der Waals surface area contributed by atoms with E-state index in [0.29, 0.717) is 10.9 Å². The van der Waals surface area contributed by atoms with Crippen molar-refractivity contribution in [2.45, 2.75) is 0 Å². The molecule has 0 spiro atoms. The molecule has 0 aliphatic heterocycles. The predicted octanol–water partition coefficient (Wildman–Crippen LogP) is 9.75. The molecule has 8 aromatic rings. The van der Waals surface area contributed by atoms with Gasteiger partial charge in [0.1, 0.15) is 11.8 Å². The van der Waals surface area contributed by atoms with Crippen molar-refractivity contribution in [3.8, 4) is 38.6 Å². The minimum atomic E-state index is 0.460. The van der Waals surface area contributed by atoms with Crippen LogP contribution in [0.4, 0.5) is 0 Å². The van der Waals surface area contributed by atoms with Crippen LogP contribution in [0.5, 0.6) is 5.88 Å². The van der Waals surface area contributed by atoms with E-state index in [9.17, 15) is 0 Å². The molecule has 0 amide bonds. The van der Waals surface area contributed by atoms with E-state index in [4.69, 9.17) is 26.4 Å². The zero-order valence-electron chi connectivity index (χ0n) is 21.4. The van der Waals surface area contributed by atoms with Crippen molar-refractivity contribution < 1.29 is 4.84 Å². The number of pyridine rings is 2. The largest absolute Gasteiger partial charge is 0.353 e. The number of rotatable bonds is 5. The van der Waals surface area contributed by atoms with E-state index in [1.165, 1.54) is 10.1 Å². The molecule has 0 atom stereocenters. The molecule has 0 N–H and O–H groups in total. The van der Waals surface area contributed by atoms with E-state index >= 15 is 0 Å².